The van der Waals surface area contributed by atoms with Gasteiger partial charge in [-0.1, -0.05) is 25.7 Å². The third-order valence-electron chi connectivity index (χ3n) is 5.07. The predicted molar refractivity (Wildman–Crippen MR) is 112 cm³/mol. The summed E-state index contributed by atoms with van der Waals surface area (Å²) in [4.78, 5) is 21.6. The summed E-state index contributed by atoms with van der Waals surface area (Å²) < 4.78 is 11.2. The SMILES string of the molecule is CCCN(C)C[C@@H]1Oc2ncc(C#CCOC)cc2C(=O)N([C@@H](C)CO)C[C@@H]1C. The number of fused-ring (bicyclic) bond motifs is 1. The number of nitrogens with zero attached hydrogens (tertiary/aromatic N) is 3. The van der Waals surface area contributed by atoms with Crippen LogP contribution in [0.5, 0.6) is 5.88 Å². The molecule has 0 radical (unpaired) electrons. The lowest BCUT2D eigenvalue weighted by atomic mass is 10.00. The molecule has 0 saturated heterocycles. The highest BCUT2D eigenvalue weighted by atomic mass is 16.5. The number of likely N-dealkylation sites (N-methyl/N-ethyl adjacent to an activating group) is 1. The largest absolute Gasteiger partial charge is 0.472 e. The van der Waals surface area contributed by atoms with Gasteiger partial charge in [-0.2, -0.15) is 0 Å². The highest BCUT2D eigenvalue weighted by Crippen LogP contribution is 2.27. The van der Waals surface area contributed by atoms with E-state index >= 15 is 0 Å². The molecule has 3 atom stereocenters. The standard InChI is InChI=1S/C22H33N3O4/c1-6-9-24(4)14-20-16(2)13-25(17(3)15-26)22(27)19-11-18(8-7-10-28-5)12-23-21(19)29-20/h11-12,16-17,20,26H,6,9-10,13-15H2,1-5H3/t16-,17-,20-/m0/s1. The quantitative estimate of drug-likeness (QED) is 0.698. The van der Waals surface area contributed by atoms with Crippen LogP contribution in [0.4, 0.5) is 0 Å². The third-order valence-corrected chi connectivity index (χ3v) is 5.07. The van der Waals surface area contributed by atoms with Crippen molar-refractivity contribution in [3.05, 3.63) is 23.4 Å². The van der Waals surface area contributed by atoms with Gasteiger partial charge in [-0.3, -0.25) is 4.79 Å². The topological polar surface area (TPSA) is 75.1 Å². The second-order valence-electron chi connectivity index (χ2n) is 7.70. The van der Waals surface area contributed by atoms with Gasteiger partial charge >= 0.3 is 0 Å². The molecular formula is C22H33N3O4. The molecule has 0 fully saturated rings. The first-order valence-electron chi connectivity index (χ1n) is 10.2. The van der Waals surface area contributed by atoms with E-state index in [1.165, 1.54) is 0 Å². The smallest absolute Gasteiger partial charge is 0.259 e. The molecule has 0 aliphatic carbocycles. The summed E-state index contributed by atoms with van der Waals surface area (Å²) in [7, 11) is 3.65. The second-order valence-corrected chi connectivity index (χ2v) is 7.70. The van der Waals surface area contributed by atoms with Crippen molar-refractivity contribution in [3.63, 3.8) is 0 Å². The lowest BCUT2D eigenvalue weighted by molar-refractivity contribution is 0.0331. The van der Waals surface area contributed by atoms with Gasteiger partial charge in [-0.25, -0.2) is 4.98 Å². The first-order valence-corrected chi connectivity index (χ1v) is 10.2. The van der Waals surface area contributed by atoms with Crippen molar-refractivity contribution in [3.8, 4) is 17.7 Å². The Morgan fingerprint density at radius 3 is 2.93 bits per heavy atom. The van der Waals surface area contributed by atoms with Gasteiger partial charge in [-0.15, -0.1) is 0 Å². The van der Waals surface area contributed by atoms with Crippen molar-refractivity contribution >= 4 is 5.91 Å². The van der Waals surface area contributed by atoms with E-state index in [1.54, 1.807) is 24.3 Å². The molecule has 1 N–H and O–H groups in total. The highest BCUT2D eigenvalue weighted by molar-refractivity contribution is 5.97. The van der Waals surface area contributed by atoms with Crippen LogP contribution in [0.25, 0.3) is 0 Å². The van der Waals surface area contributed by atoms with Gasteiger partial charge in [0.1, 0.15) is 18.3 Å². The summed E-state index contributed by atoms with van der Waals surface area (Å²) in [5.74, 6) is 6.05. The van der Waals surface area contributed by atoms with E-state index in [9.17, 15) is 9.90 Å². The summed E-state index contributed by atoms with van der Waals surface area (Å²) in [6, 6.07) is 1.42. The van der Waals surface area contributed by atoms with E-state index < -0.39 is 0 Å². The molecule has 0 bridgehead atoms. The van der Waals surface area contributed by atoms with E-state index in [1.807, 2.05) is 6.92 Å². The summed E-state index contributed by atoms with van der Waals surface area (Å²) in [6.07, 6.45) is 2.56. The van der Waals surface area contributed by atoms with Crippen LogP contribution in [0, 0.1) is 17.8 Å². The third kappa shape index (κ3) is 6.17. The molecule has 1 aliphatic heterocycles. The number of carbonyl (C=O) groups excluding carboxylic acids is 1. The van der Waals surface area contributed by atoms with Gasteiger partial charge in [0, 0.05) is 37.9 Å². The number of rotatable bonds is 7. The van der Waals surface area contributed by atoms with Crippen molar-refractivity contribution in [2.24, 2.45) is 5.92 Å². The second kappa shape index (κ2) is 11.1. The van der Waals surface area contributed by atoms with Gasteiger partial charge < -0.3 is 24.4 Å². The van der Waals surface area contributed by atoms with Gasteiger partial charge in [0.15, 0.2) is 0 Å². The molecule has 1 aromatic rings. The van der Waals surface area contributed by atoms with Gasteiger partial charge in [-0.05, 0) is 33.0 Å². The number of hydrogen-bond donors (Lipinski definition) is 1. The van der Waals surface area contributed by atoms with Crippen LogP contribution in [-0.4, -0.2) is 84.9 Å². The van der Waals surface area contributed by atoms with E-state index in [0.29, 0.717) is 30.2 Å². The Morgan fingerprint density at radius 1 is 1.52 bits per heavy atom. The first kappa shape index (κ1) is 23.1. The van der Waals surface area contributed by atoms with Crippen LogP contribution in [0.3, 0.4) is 0 Å². The van der Waals surface area contributed by atoms with Gasteiger partial charge in [0.25, 0.3) is 5.91 Å². The van der Waals surface area contributed by atoms with Crippen molar-refractivity contribution in [2.45, 2.75) is 39.3 Å². The summed E-state index contributed by atoms with van der Waals surface area (Å²) in [5.41, 5.74) is 1.01. The number of aliphatic hydroxyl groups excluding tert-OH is 1. The molecule has 160 valence electrons. The summed E-state index contributed by atoms with van der Waals surface area (Å²) in [5, 5.41) is 9.70. The zero-order valence-corrected chi connectivity index (χ0v) is 18.1. The minimum Gasteiger partial charge on any atom is -0.472 e. The molecule has 7 heteroatoms. The number of aliphatic hydroxyl groups is 1. The number of methoxy groups -OCH3 is 1. The van der Waals surface area contributed by atoms with Gasteiger partial charge in [0.2, 0.25) is 5.88 Å². The lowest BCUT2D eigenvalue weighted by Crippen LogP contribution is -2.50. The molecule has 0 saturated carbocycles. The maximum atomic E-state index is 13.3. The Kier molecular flexibility index (Phi) is 8.90. The average Bonchev–Trinajstić information content (AvgIpc) is 2.70. The molecule has 1 amide bonds. The molecule has 2 heterocycles. The first-order chi connectivity index (χ1) is 13.9. The maximum absolute atomic E-state index is 13.3. The zero-order chi connectivity index (χ0) is 21.4. The number of amides is 1. The van der Waals surface area contributed by atoms with Crippen LogP contribution in [0.15, 0.2) is 12.3 Å². The minimum absolute atomic E-state index is 0.0865. The van der Waals surface area contributed by atoms with Crippen LogP contribution >= 0.6 is 0 Å². The number of carbonyl (C=O) groups is 1. The molecule has 0 spiro atoms. The molecule has 2 rings (SSSR count). The average molecular weight is 404 g/mol. The fourth-order valence-electron chi connectivity index (χ4n) is 3.38. The van der Waals surface area contributed by atoms with Crippen LogP contribution in [-0.2, 0) is 4.74 Å². The number of ether oxygens (including phenoxy) is 2. The highest BCUT2D eigenvalue weighted by Gasteiger charge is 2.34. The van der Waals surface area contributed by atoms with Crippen molar-refractivity contribution in [1.29, 1.82) is 0 Å². The van der Waals surface area contributed by atoms with Crippen molar-refractivity contribution in [2.75, 3.05) is 47.0 Å². The lowest BCUT2D eigenvalue weighted by Gasteiger charge is -2.37. The normalized spacial score (nSPS) is 20.2. The summed E-state index contributed by atoms with van der Waals surface area (Å²) >= 11 is 0. The Hall–Kier alpha value is -2.14. The zero-order valence-electron chi connectivity index (χ0n) is 18.1. The monoisotopic (exact) mass is 403 g/mol. The van der Waals surface area contributed by atoms with E-state index in [4.69, 9.17) is 9.47 Å². The molecule has 29 heavy (non-hydrogen) atoms. The van der Waals surface area contributed by atoms with E-state index in [0.717, 1.165) is 19.5 Å². The minimum atomic E-state index is -0.298. The fraction of sp³-hybridized carbons (Fsp3) is 0.636. The number of aromatic nitrogens is 1. The molecular weight excluding hydrogens is 370 g/mol. The van der Waals surface area contributed by atoms with Crippen LogP contribution < -0.4 is 4.74 Å². The Morgan fingerprint density at radius 2 is 2.28 bits per heavy atom. The molecule has 7 nitrogen and oxygen atoms in total. The molecule has 1 aromatic heterocycles. The fourth-order valence-corrected chi connectivity index (χ4v) is 3.38. The van der Waals surface area contributed by atoms with Gasteiger partial charge in [0.05, 0.1) is 12.6 Å². The van der Waals surface area contributed by atoms with Crippen LogP contribution in [0.1, 0.15) is 43.1 Å². The summed E-state index contributed by atoms with van der Waals surface area (Å²) in [6.45, 7) is 8.48. The van der Waals surface area contributed by atoms with E-state index in [-0.39, 0.29) is 30.6 Å². The van der Waals surface area contributed by atoms with Crippen molar-refractivity contribution < 1.29 is 19.4 Å². The Balaban J connectivity index is 2.42. The Bertz CT molecular complexity index is 743. The van der Waals surface area contributed by atoms with E-state index in [2.05, 4.69) is 42.6 Å². The number of pyridine rings is 1. The maximum Gasteiger partial charge on any atom is 0.259 e. The van der Waals surface area contributed by atoms with Crippen molar-refractivity contribution in [1.82, 2.24) is 14.8 Å². The molecule has 1 aliphatic rings. The predicted octanol–water partition coefficient (Wildman–Crippen LogP) is 1.64. The molecule has 0 aromatic carbocycles. The Labute approximate surface area is 174 Å². The number of hydrogen-bond acceptors (Lipinski definition) is 6. The van der Waals surface area contributed by atoms with Crippen LogP contribution in [0.2, 0.25) is 0 Å². The molecule has 0 unspecified atom stereocenters.